The number of hydrogen-bond donors (Lipinski definition) is 0. The largest absolute Gasteiger partial charge is 0.458 e. The van der Waals surface area contributed by atoms with E-state index < -0.39 is 0 Å². The summed E-state index contributed by atoms with van der Waals surface area (Å²) < 4.78 is 5.82. The van der Waals surface area contributed by atoms with Crippen LogP contribution in [0, 0.1) is 20.8 Å². The summed E-state index contributed by atoms with van der Waals surface area (Å²) >= 11 is 1.49. The maximum Gasteiger partial charge on any atom is 0.317 e. The quantitative estimate of drug-likeness (QED) is 0.867. The van der Waals surface area contributed by atoms with E-state index in [0.717, 1.165) is 22.8 Å². The maximum atomic E-state index is 12.3. The first-order valence-corrected chi connectivity index (χ1v) is 8.09. The Morgan fingerprint density at radius 2 is 2.00 bits per heavy atom. The standard InChI is InChI=1S/C15H18N4O2S/c1-9-6-10(2)17-15(16-9)21-12-4-5-19(7-12)14(20)13-8-22-11(3)18-13/h6,8,12H,4-5,7H2,1-3H3/t12-/m1/s1. The summed E-state index contributed by atoms with van der Waals surface area (Å²) in [5, 5.41) is 2.71. The second-order valence-corrected chi connectivity index (χ2v) is 6.53. The molecule has 22 heavy (non-hydrogen) atoms. The first kappa shape index (κ1) is 14.9. The number of thiazole rings is 1. The van der Waals surface area contributed by atoms with E-state index in [9.17, 15) is 4.79 Å². The fourth-order valence-corrected chi connectivity index (χ4v) is 3.11. The molecule has 1 aliphatic rings. The average Bonchev–Trinajstić information content (AvgIpc) is 3.06. The van der Waals surface area contributed by atoms with Gasteiger partial charge in [-0.2, -0.15) is 0 Å². The molecule has 3 rings (SSSR count). The predicted molar refractivity (Wildman–Crippen MR) is 83.3 cm³/mol. The monoisotopic (exact) mass is 318 g/mol. The summed E-state index contributed by atoms with van der Waals surface area (Å²) in [6.45, 7) is 6.94. The molecule has 1 amide bonds. The zero-order chi connectivity index (χ0) is 15.7. The Hall–Kier alpha value is -2.02. The minimum atomic E-state index is -0.0649. The minimum absolute atomic E-state index is 0.0307. The SMILES string of the molecule is Cc1cc(C)nc(O[C@@H]2CCN(C(=O)c3csc(C)n3)C2)n1. The summed E-state index contributed by atoms with van der Waals surface area (Å²) in [5.74, 6) is -0.0307. The van der Waals surface area contributed by atoms with Gasteiger partial charge in [0, 0.05) is 29.7 Å². The van der Waals surface area contributed by atoms with E-state index in [1.807, 2.05) is 26.8 Å². The first-order valence-electron chi connectivity index (χ1n) is 7.21. The molecule has 0 aliphatic carbocycles. The highest BCUT2D eigenvalue weighted by molar-refractivity contribution is 7.09. The van der Waals surface area contributed by atoms with Crippen LogP contribution in [0.25, 0.3) is 0 Å². The lowest BCUT2D eigenvalue weighted by molar-refractivity contribution is 0.0764. The van der Waals surface area contributed by atoms with Crippen LogP contribution in [0.4, 0.5) is 0 Å². The van der Waals surface area contributed by atoms with Crippen molar-refractivity contribution in [1.29, 1.82) is 0 Å². The number of nitrogens with zero attached hydrogens (tertiary/aromatic N) is 4. The molecule has 0 spiro atoms. The predicted octanol–water partition coefficient (Wildman–Crippen LogP) is 2.15. The maximum absolute atomic E-state index is 12.3. The van der Waals surface area contributed by atoms with Crippen LogP contribution in [-0.4, -0.2) is 45.0 Å². The van der Waals surface area contributed by atoms with Crippen LogP contribution in [-0.2, 0) is 0 Å². The number of ether oxygens (including phenoxy) is 1. The number of likely N-dealkylation sites (tertiary alicyclic amines) is 1. The summed E-state index contributed by atoms with van der Waals surface area (Å²) in [4.78, 5) is 26.9. The van der Waals surface area contributed by atoms with Crippen molar-refractivity contribution in [3.05, 3.63) is 33.5 Å². The van der Waals surface area contributed by atoms with Gasteiger partial charge in [-0.05, 0) is 26.8 Å². The van der Waals surface area contributed by atoms with Crippen LogP contribution >= 0.6 is 11.3 Å². The molecule has 0 bridgehead atoms. The molecule has 0 radical (unpaired) electrons. The average molecular weight is 318 g/mol. The molecule has 0 aromatic carbocycles. The third-order valence-corrected chi connectivity index (χ3v) is 4.28. The molecule has 0 N–H and O–H groups in total. The Balaban J connectivity index is 1.63. The van der Waals surface area contributed by atoms with Crippen LogP contribution in [0.2, 0.25) is 0 Å². The Morgan fingerprint density at radius 1 is 1.27 bits per heavy atom. The first-order chi connectivity index (χ1) is 10.5. The smallest absolute Gasteiger partial charge is 0.317 e. The van der Waals surface area contributed by atoms with Gasteiger partial charge in [-0.3, -0.25) is 4.79 Å². The van der Waals surface area contributed by atoms with E-state index in [2.05, 4.69) is 15.0 Å². The van der Waals surface area contributed by atoms with Crippen molar-refractivity contribution >= 4 is 17.2 Å². The van der Waals surface area contributed by atoms with Crippen molar-refractivity contribution in [3.8, 4) is 6.01 Å². The van der Waals surface area contributed by atoms with Gasteiger partial charge >= 0.3 is 6.01 Å². The molecule has 2 aromatic heterocycles. The highest BCUT2D eigenvalue weighted by atomic mass is 32.1. The zero-order valence-corrected chi connectivity index (χ0v) is 13.7. The number of aryl methyl sites for hydroxylation is 3. The summed E-state index contributed by atoms with van der Waals surface area (Å²) in [6, 6.07) is 2.29. The molecule has 0 unspecified atom stereocenters. The Bertz CT molecular complexity index is 680. The van der Waals surface area contributed by atoms with Crippen molar-refractivity contribution in [2.75, 3.05) is 13.1 Å². The van der Waals surface area contributed by atoms with E-state index in [-0.39, 0.29) is 12.0 Å². The lowest BCUT2D eigenvalue weighted by Crippen LogP contribution is -2.31. The van der Waals surface area contributed by atoms with Crippen LogP contribution < -0.4 is 4.74 Å². The lowest BCUT2D eigenvalue weighted by atomic mass is 10.3. The van der Waals surface area contributed by atoms with Crippen molar-refractivity contribution in [2.24, 2.45) is 0 Å². The Labute approximate surface area is 133 Å². The highest BCUT2D eigenvalue weighted by Crippen LogP contribution is 2.19. The van der Waals surface area contributed by atoms with Crippen LogP contribution in [0.1, 0.15) is 33.3 Å². The molecule has 1 saturated heterocycles. The van der Waals surface area contributed by atoms with E-state index in [4.69, 9.17) is 4.74 Å². The fourth-order valence-electron chi connectivity index (χ4n) is 2.53. The molecular formula is C15H18N4O2S. The Morgan fingerprint density at radius 3 is 2.64 bits per heavy atom. The number of aromatic nitrogens is 3. The van der Waals surface area contributed by atoms with Gasteiger partial charge in [0.15, 0.2) is 0 Å². The zero-order valence-electron chi connectivity index (χ0n) is 12.9. The Kier molecular flexibility index (Phi) is 4.06. The molecule has 2 aromatic rings. The van der Waals surface area contributed by atoms with Crippen LogP contribution in [0.5, 0.6) is 6.01 Å². The van der Waals surface area contributed by atoms with Gasteiger partial charge < -0.3 is 9.64 Å². The van der Waals surface area contributed by atoms with Crippen molar-refractivity contribution in [3.63, 3.8) is 0 Å². The number of amides is 1. The highest BCUT2D eigenvalue weighted by Gasteiger charge is 2.29. The van der Waals surface area contributed by atoms with Crippen molar-refractivity contribution < 1.29 is 9.53 Å². The molecule has 3 heterocycles. The molecule has 7 heteroatoms. The lowest BCUT2D eigenvalue weighted by Gasteiger charge is -2.15. The van der Waals surface area contributed by atoms with Gasteiger partial charge in [-0.15, -0.1) is 11.3 Å². The topological polar surface area (TPSA) is 68.2 Å². The van der Waals surface area contributed by atoms with Crippen LogP contribution in [0.15, 0.2) is 11.4 Å². The molecule has 6 nitrogen and oxygen atoms in total. The molecular weight excluding hydrogens is 300 g/mol. The number of carbonyl (C=O) groups excluding carboxylic acids is 1. The van der Waals surface area contributed by atoms with Gasteiger partial charge in [0.25, 0.3) is 5.91 Å². The number of carbonyl (C=O) groups is 1. The van der Waals surface area contributed by atoms with Crippen molar-refractivity contribution in [1.82, 2.24) is 19.9 Å². The van der Waals surface area contributed by atoms with Gasteiger partial charge in [0.05, 0.1) is 11.6 Å². The molecule has 1 fully saturated rings. The van der Waals surface area contributed by atoms with Gasteiger partial charge in [-0.25, -0.2) is 15.0 Å². The molecule has 116 valence electrons. The third kappa shape index (κ3) is 3.24. The van der Waals surface area contributed by atoms with Crippen LogP contribution in [0.3, 0.4) is 0 Å². The normalized spacial score (nSPS) is 17.8. The summed E-state index contributed by atoms with van der Waals surface area (Å²) in [7, 11) is 0. The van der Waals surface area contributed by atoms with E-state index in [1.165, 1.54) is 11.3 Å². The molecule has 1 aliphatic heterocycles. The van der Waals surface area contributed by atoms with E-state index >= 15 is 0 Å². The van der Waals surface area contributed by atoms with Gasteiger partial charge in [0.2, 0.25) is 0 Å². The second-order valence-electron chi connectivity index (χ2n) is 5.46. The van der Waals surface area contributed by atoms with Gasteiger partial charge in [0.1, 0.15) is 11.8 Å². The number of hydrogen-bond acceptors (Lipinski definition) is 6. The third-order valence-electron chi connectivity index (χ3n) is 3.50. The summed E-state index contributed by atoms with van der Waals surface area (Å²) in [5.41, 5.74) is 2.28. The van der Waals surface area contributed by atoms with E-state index in [0.29, 0.717) is 24.8 Å². The summed E-state index contributed by atoms with van der Waals surface area (Å²) in [6.07, 6.45) is 0.718. The minimum Gasteiger partial charge on any atom is -0.458 e. The molecule has 0 saturated carbocycles. The fraction of sp³-hybridized carbons (Fsp3) is 0.467. The van der Waals surface area contributed by atoms with Gasteiger partial charge in [-0.1, -0.05) is 0 Å². The van der Waals surface area contributed by atoms with Crippen molar-refractivity contribution in [2.45, 2.75) is 33.3 Å². The van der Waals surface area contributed by atoms with E-state index in [1.54, 1.807) is 10.3 Å². The molecule has 1 atom stereocenters. The number of rotatable bonds is 3. The second kappa shape index (κ2) is 6.00.